The van der Waals surface area contributed by atoms with Crippen molar-refractivity contribution in [2.24, 2.45) is 0 Å². The molecule has 2 nitrogen and oxygen atoms in total. The zero-order valence-corrected chi connectivity index (χ0v) is 10.6. The summed E-state index contributed by atoms with van der Waals surface area (Å²) in [6.45, 7) is 3.20. The summed E-state index contributed by atoms with van der Waals surface area (Å²) >= 11 is 5.95. The minimum absolute atomic E-state index is 0.590. The van der Waals surface area contributed by atoms with Gasteiger partial charge in [0.1, 0.15) is 11.0 Å². The van der Waals surface area contributed by atoms with Crippen LogP contribution in [0.3, 0.4) is 0 Å². The summed E-state index contributed by atoms with van der Waals surface area (Å²) in [7, 11) is 0. The predicted octanol–water partition coefficient (Wildman–Crippen LogP) is 3.89. The predicted molar refractivity (Wildman–Crippen MR) is 69.1 cm³/mol. The molecule has 0 aliphatic heterocycles. The summed E-state index contributed by atoms with van der Waals surface area (Å²) in [5.41, 5.74) is 0. The highest BCUT2D eigenvalue weighted by Gasteiger charge is 2.20. The normalized spacial score (nSPS) is 17.4. The van der Waals surface area contributed by atoms with E-state index in [0.29, 0.717) is 11.2 Å². The van der Waals surface area contributed by atoms with Gasteiger partial charge in [0, 0.05) is 12.6 Å². The van der Waals surface area contributed by atoms with E-state index < -0.39 is 0 Å². The van der Waals surface area contributed by atoms with E-state index in [2.05, 4.69) is 22.9 Å². The van der Waals surface area contributed by atoms with Crippen LogP contribution in [0.25, 0.3) is 0 Å². The molecule has 88 valence electrons. The van der Waals surface area contributed by atoms with Crippen molar-refractivity contribution < 1.29 is 0 Å². The van der Waals surface area contributed by atoms with Crippen molar-refractivity contribution in [1.29, 1.82) is 0 Å². The molecule has 0 atom stereocenters. The van der Waals surface area contributed by atoms with Gasteiger partial charge in [-0.1, -0.05) is 36.9 Å². The molecule has 1 heterocycles. The van der Waals surface area contributed by atoms with E-state index in [1.165, 1.54) is 32.1 Å². The van der Waals surface area contributed by atoms with E-state index in [-0.39, 0.29) is 0 Å². The molecule has 2 rings (SSSR count). The number of hydrogen-bond donors (Lipinski definition) is 0. The average Bonchev–Trinajstić information content (AvgIpc) is 2.31. The Bertz CT molecular complexity index is 334. The molecule has 0 spiro atoms. The van der Waals surface area contributed by atoms with E-state index >= 15 is 0 Å². The van der Waals surface area contributed by atoms with Crippen molar-refractivity contribution in [3.63, 3.8) is 0 Å². The highest BCUT2D eigenvalue weighted by atomic mass is 35.5. The molecule has 0 bridgehead atoms. The van der Waals surface area contributed by atoms with Crippen LogP contribution >= 0.6 is 11.6 Å². The second-order valence-corrected chi connectivity index (χ2v) is 4.78. The summed E-state index contributed by atoms with van der Waals surface area (Å²) in [4.78, 5) is 6.80. The maximum atomic E-state index is 5.95. The van der Waals surface area contributed by atoms with Gasteiger partial charge in [-0.05, 0) is 31.9 Å². The van der Waals surface area contributed by atoms with Crippen molar-refractivity contribution >= 4 is 17.4 Å². The van der Waals surface area contributed by atoms with Gasteiger partial charge in [0.05, 0.1) is 0 Å². The Morgan fingerprint density at radius 3 is 2.69 bits per heavy atom. The second kappa shape index (κ2) is 5.53. The van der Waals surface area contributed by atoms with Gasteiger partial charge < -0.3 is 4.90 Å². The molecule has 1 aromatic rings. The van der Waals surface area contributed by atoms with Crippen molar-refractivity contribution in [2.75, 3.05) is 11.4 Å². The number of anilines is 1. The fourth-order valence-electron chi connectivity index (χ4n) is 2.56. The number of aromatic nitrogens is 1. The standard InChI is InChI=1S/C13H19ClN2/c1-2-16(11-7-4-3-5-8-11)13-10-6-9-12(14)15-13/h6,9-11H,2-5,7-8H2,1H3. The Labute approximate surface area is 103 Å². The Morgan fingerprint density at radius 1 is 1.31 bits per heavy atom. The minimum atomic E-state index is 0.590. The lowest BCUT2D eigenvalue weighted by molar-refractivity contribution is 0.416. The quantitative estimate of drug-likeness (QED) is 0.743. The molecule has 0 aromatic carbocycles. The summed E-state index contributed by atoms with van der Waals surface area (Å²) in [5, 5.41) is 0.590. The van der Waals surface area contributed by atoms with Gasteiger partial charge in [0.25, 0.3) is 0 Å². The molecule has 1 saturated carbocycles. The third kappa shape index (κ3) is 2.67. The fourth-order valence-corrected chi connectivity index (χ4v) is 2.72. The molecule has 0 saturated heterocycles. The van der Waals surface area contributed by atoms with Crippen molar-refractivity contribution in [3.05, 3.63) is 23.4 Å². The van der Waals surface area contributed by atoms with Crippen LogP contribution in [0, 0.1) is 0 Å². The van der Waals surface area contributed by atoms with Crippen molar-refractivity contribution in [1.82, 2.24) is 4.98 Å². The van der Waals surface area contributed by atoms with Crippen molar-refractivity contribution in [2.45, 2.75) is 45.1 Å². The van der Waals surface area contributed by atoms with Crippen LogP contribution in [0.5, 0.6) is 0 Å². The topological polar surface area (TPSA) is 16.1 Å². The SMILES string of the molecule is CCN(c1cccc(Cl)n1)C1CCCCC1. The molecule has 0 unspecified atom stereocenters. The number of pyridine rings is 1. The monoisotopic (exact) mass is 238 g/mol. The highest BCUT2D eigenvalue weighted by molar-refractivity contribution is 6.29. The number of hydrogen-bond acceptors (Lipinski definition) is 2. The minimum Gasteiger partial charge on any atom is -0.354 e. The van der Waals surface area contributed by atoms with Gasteiger partial charge in [-0.25, -0.2) is 4.98 Å². The van der Waals surface area contributed by atoms with E-state index in [0.717, 1.165) is 12.4 Å². The van der Waals surface area contributed by atoms with E-state index in [1.807, 2.05) is 12.1 Å². The average molecular weight is 239 g/mol. The zero-order chi connectivity index (χ0) is 11.4. The molecule has 1 aromatic heterocycles. The van der Waals surface area contributed by atoms with Crippen LogP contribution in [-0.2, 0) is 0 Å². The molecule has 1 aliphatic rings. The number of rotatable bonds is 3. The van der Waals surface area contributed by atoms with Gasteiger partial charge in [-0.3, -0.25) is 0 Å². The lowest BCUT2D eigenvalue weighted by Gasteiger charge is -2.34. The lowest BCUT2D eigenvalue weighted by atomic mass is 9.94. The number of nitrogens with zero attached hydrogens (tertiary/aromatic N) is 2. The van der Waals surface area contributed by atoms with Gasteiger partial charge in [-0.15, -0.1) is 0 Å². The molecule has 1 aliphatic carbocycles. The highest BCUT2D eigenvalue weighted by Crippen LogP contribution is 2.26. The second-order valence-electron chi connectivity index (χ2n) is 4.40. The maximum absolute atomic E-state index is 5.95. The fraction of sp³-hybridized carbons (Fsp3) is 0.615. The molecular formula is C13H19ClN2. The molecule has 16 heavy (non-hydrogen) atoms. The summed E-state index contributed by atoms with van der Waals surface area (Å²) in [5.74, 6) is 1.03. The van der Waals surface area contributed by atoms with Crippen LogP contribution < -0.4 is 4.90 Å². The molecule has 3 heteroatoms. The Balaban J connectivity index is 2.14. The van der Waals surface area contributed by atoms with Crippen LogP contribution in [0.4, 0.5) is 5.82 Å². The van der Waals surface area contributed by atoms with Crippen molar-refractivity contribution in [3.8, 4) is 0 Å². The Morgan fingerprint density at radius 2 is 2.06 bits per heavy atom. The lowest BCUT2D eigenvalue weighted by Crippen LogP contribution is -2.37. The van der Waals surface area contributed by atoms with Gasteiger partial charge in [0.15, 0.2) is 0 Å². The van der Waals surface area contributed by atoms with Gasteiger partial charge in [-0.2, -0.15) is 0 Å². The van der Waals surface area contributed by atoms with Crippen LogP contribution in [0.1, 0.15) is 39.0 Å². The van der Waals surface area contributed by atoms with Gasteiger partial charge >= 0.3 is 0 Å². The Hall–Kier alpha value is -0.760. The van der Waals surface area contributed by atoms with Gasteiger partial charge in [0.2, 0.25) is 0 Å². The third-order valence-electron chi connectivity index (χ3n) is 3.35. The molecule has 0 amide bonds. The van der Waals surface area contributed by atoms with E-state index in [9.17, 15) is 0 Å². The van der Waals surface area contributed by atoms with Crippen LogP contribution in [0.2, 0.25) is 5.15 Å². The first-order valence-electron chi connectivity index (χ1n) is 6.20. The van der Waals surface area contributed by atoms with Crippen LogP contribution in [-0.4, -0.2) is 17.6 Å². The first kappa shape index (κ1) is 11.7. The third-order valence-corrected chi connectivity index (χ3v) is 3.56. The molecule has 1 fully saturated rings. The molecular weight excluding hydrogens is 220 g/mol. The largest absolute Gasteiger partial charge is 0.354 e. The van der Waals surface area contributed by atoms with Crippen LogP contribution in [0.15, 0.2) is 18.2 Å². The smallest absolute Gasteiger partial charge is 0.131 e. The first-order chi connectivity index (χ1) is 7.81. The molecule has 0 N–H and O–H groups in total. The summed E-state index contributed by atoms with van der Waals surface area (Å²) < 4.78 is 0. The maximum Gasteiger partial charge on any atom is 0.131 e. The molecule has 0 radical (unpaired) electrons. The zero-order valence-electron chi connectivity index (χ0n) is 9.82. The number of halogens is 1. The Kier molecular flexibility index (Phi) is 4.05. The summed E-state index contributed by atoms with van der Waals surface area (Å²) in [6, 6.07) is 6.53. The summed E-state index contributed by atoms with van der Waals surface area (Å²) in [6.07, 6.45) is 6.67. The first-order valence-corrected chi connectivity index (χ1v) is 6.58. The van der Waals surface area contributed by atoms with E-state index in [1.54, 1.807) is 0 Å². The van der Waals surface area contributed by atoms with E-state index in [4.69, 9.17) is 11.6 Å².